The summed E-state index contributed by atoms with van der Waals surface area (Å²) < 4.78 is 0. The lowest BCUT2D eigenvalue weighted by Gasteiger charge is -2.24. The van der Waals surface area contributed by atoms with Crippen molar-refractivity contribution < 1.29 is 14.7 Å². The maximum atomic E-state index is 12.4. The summed E-state index contributed by atoms with van der Waals surface area (Å²) >= 11 is 7.40. The monoisotopic (exact) mass is 323 g/mol. The number of carboxylic acid groups (broad SMARTS) is 1. The third kappa shape index (κ3) is 2.56. The highest BCUT2D eigenvalue weighted by Crippen LogP contribution is 2.48. The fourth-order valence-corrected chi connectivity index (χ4v) is 4.48. The molecule has 110 valence electrons. The molecule has 2 aliphatic heterocycles. The SMILES string of the molecule is O=C1SC2CCNC=C2C1C(C(=O)O)c1ccccc1Cl. The molecule has 3 rings (SSSR count). The van der Waals surface area contributed by atoms with E-state index >= 15 is 0 Å². The van der Waals surface area contributed by atoms with Crippen molar-refractivity contribution in [1.29, 1.82) is 0 Å². The lowest BCUT2D eigenvalue weighted by Crippen LogP contribution is -2.29. The average Bonchev–Trinajstić information content (AvgIpc) is 2.78. The van der Waals surface area contributed by atoms with Crippen molar-refractivity contribution in [1.82, 2.24) is 5.32 Å². The molecule has 0 bridgehead atoms. The van der Waals surface area contributed by atoms with Gasteiger partial charge >= 0.3 is 5.97 Å². The maximum Gasteiger partial charge on any atom is 0.312 e. The smallest absolute Gasteiger partial charge is 0.312 e. The Morgan fingerprint density at radius 3 is 2.90 bits per heavy atom. The molecule has 3 unspecified atom stereocenters. The number of nitrogens with one attached hydrogen (secondary N) is 1. The quantitative estimate of drug-likeness (QED) is 0.895. The van der Waals surface area contributed by atoms with Crippen molar-refractivity contribution in [3.8, 4) is 0 Å². The van der Waals surface area contributed by atoms with Crippen LogP contribution >= 0.6 is 23.4 Å². The lowest BCUT2D eigenvalue weighted by molar-refractivity contribution is -0.141. The first kappa shape index (κ1) is 14.5. The number of aliphatic carboxylic acids is 1. The molecule has 1 aromatic carbocycles. The summed E-state index contributed by atoms with van der Waals surface area (Å²) in [7, 11) is 0. The Bertz CT molecular complexity index is 631. The van der Waals surface area contributed by atoms with E-state index in [9.17, 15) is 14.7 Å². The highest BCUT2D eigenvalue weighted by molar-refractivity contribution is 8.14. The van der Waals surface area contributed by atoms with Crippen LogP contribution in [0.15, 0.2) is 36.0 Å². The standard InChI is InChI=1S/C15H14ClNO3S/c16-10-4-2-1-3-8(10)12(14(18)19)13-9-7-17-6-5-11(9)21-15(13)20/h1-4,7,11-13,17H,5-6H2,(H,18,19). The Morgan fingerprint density at radius 1 is 1.43 bits per heavy atom. The number of benzene rings is 1. The predicted molar refractivity (Wildman–Crippen MR) is 82.4 cm³/mol. The molecule has 1 aromatic rings. The largest absolute Gasteiger partial charge is 0.481 e. The van der Waals surface area contributed by atoms with Gasteiger partial charge in [-0.05, 0) is 29.8 Å². The molecule has 21 heavy (non-hydrogen) atoms. The molecule has 0 saturated carbocycles. The van der Waals surface area contributed by atoms with Gasteiger partial charge in [-0.2, -0.15) is 0 Å². The molecule has 0 radical (unpaired) electrons. The number of halogens is 1. The molecule has 1 saturated heterocycles. The fraction of sp³-hybridized carbons (Fsp3) is 0.333. The highest BCUT2D eigenvalue weighted by Gasteiger charge is 2.47. The van der Waals surface area contributed by atoms with Crippen molar-refractivity contribution in [2.75, 3.05) is 6.54 Å². The summed E-state index contributed by atoms with van der Waals surface area (Å²) in [6.45, 7) is 0.811. The van der Waals surface area contributed by atoms with E-state index in [1.165, 1.54) is 11.8 Å². The van der Waals surface area contributed by atoms with E-state index in [0.717, 1.165) is 18.5 Å². The van der Waals surface area contributed by atoms with Gasteiger partial charge in [-0.1, -0.05) is 41.6 Å². The Balaban J connectivity index is 2.06. The van der Waals surface area contributed by atoms with E-state index in [4.69, 9.17) is 11.6 Å². The van der Waals surface area contributed by atoms with Crippen molar-refractivity contribution in [2.45, 2.75) is 17.6 Å². The fourth-order valence-electron chi connectivity index (χ4n) is 2.94. The first-order chi connectivity index (χ1) is 10.1. The number of hydrogen-bond acceptors (Lipinski definition) is 4. The second-order valence-corrected chi connectivity index (χ2v) is 6.74. The minimum Gasteiger partial charge on any atom is -0.481 e. The third-order valence-electron chi connectivity index (χ3n) is 3.90. The van der Waals surface area contributed by atoms with Crippen LogP contribution < -0.4 is 5.32 Å². The van der Waals surface area contributed by atoms with E-state index in [2.05, 4.69) is 5.32 Å². The van der Waals surface area contributed by atoms with Gasteiger partial charge in [-0.15, -0.1) is 0 Å². The van der Waals surface area contributed by atoms with Crippen LogP contribution in [0.2, 0.25) is 5.02 Å². The van der Waals surface area contributed by atoms with Gasteiger partial charge in [0.1, 0.15) is 0 Å². The Labute approximate surface area is 131 Å². The number of thioether (sulfide) groups is 1. The Hall–Kier alpha value is -1.46. The number of fused-ring (bicyclic) bond motifs is 1. The van der Waals surface area contributed by atoms with Crippen LogP contribution in [0, 0.1) is 5.92 Å². The van der Waals surface area contributed by atoms with E-state index in [0.29, 0.717) is 10.6 Å². The molecule has 2 heterocycles. The number of carbonyl (C=O) groups is 2. The molecule has 3 atom stereocenters. The van der Waals surface area contributed by atoms with Crippen LogP contribution in [0.1, 0.15) is 17.9 Å². The number of rotatable bonds is 3. The van der Waals surface area contributed by atoms with E-state index in [1.807, 2.05) is 6.20 Å². The van der Waals surface area contributed by atoms with Gasteiger partial charge in [-0.25, -0.2) is 0 Å². The molecule has 1 fully saturated rings. The zero-order valence-corrected chi connectivity index (χ0v) is 12.7. The third-order valence-corrected chi connectivity index (χ3v) is 5.53. The van der Waals surface area contributed by atoms with Gasteiger partial charge in [0.25, 0.3) is 0 Å². The van der Waals surface area contributed by atoms with Crippen molar-refractivity contribution in [3.63, 3.8) is 0 Å². The lowest BCUT2D eigenvalue weighted by atomic mass is 9.80. The molecular formula is C15H14ClNO3S. The predicted octanol–water partition coefficient (Wildman–Crippen LogP) is 2.64. The highest BCUT2D eigenvalue weighted by atomic mass is 35.5. The molecule has 0 spiro atoms. The second-order valence-electron chi connectivity index (χ2n) is 5.13. The van der Waals surface area contributed by atoms with Crippen LogP contribution in [0.5, 0.6) is 0 Å². The minimum atomic E-state index is -1.02. The van der Waals surface area contributed by atoms with E-state index in [1.54, 1.807) is 24.3 Å². The topological polar surface area (TPSA) is 66.4 Å². The first-order valence-corrected chi connectivity index (χ1v) is 7.96. The van der Waals surface area contributed by atoms with Crippen LogP contribution in [0.4, 0.5) is 0 Å². The maximum absolute atomic E-state index is 12.4. The summed E-state index contributed by atoms with van der Waals surface area (Å²) in [4.78, 5) is 24.2. The minimum absolute atomic E-state index is 0.0812. The number of carbonyl (C=O) groups excluding carboxylic acids is 1. The molecule has 0 aromatic heterocycles. The molecule has 4 nitrogen and oxygen atoms in total. The van der Waals surface area contributed by atoms with Gasteiger partial charge in [-0.3, -0.25) is 9.59 Å². The van der Waals surface area contributed by atoms with Crippen LogP contribution in [-0.4, -0.2) is 28.0 Å². The summed E-state index contributed by atoms with van der Waals surface area (Å²) in [5, 5.41) is 13.2. The van der Waals surface area contributed by atoms with Crippen LogP contribution in [0.3, 0.4) is 0 Å². The van der Waals surface area contributed by atoms with Gasteiger partial charge in [0, 0.05) is 16.8 Å². The first-order valence-electron chi connectivity index (χ1n) is 6.70. The molecular weight excluding hydrogens is 310 g/mol. The average molecular weight is 324 g/mol. The normalized spacial score (nSPS) is 25.8. The van der Waals surface area contributed by atoms with E-state index in [-0.39, 0.29) is 10.4 Å². The summed E-state index contributed by atoms with van der Waals surface area (Å²) in [6, 6.07) is 6.84. The van der Waals surface area contributed by atoms with Crippen molar-refractivity contribution in [3.05, 3.63) is 46.6 Å². The zero-order valence-electron chi connectivity index (χ0n) is 11.1. The number of carboxylic acids is 1. The zero-order chi connectivity index (χ0) is 15.0. The van der Waals surface area contributed by atoms with Crippen molar-refractivity contribution in [2.24, 2.45) is 5.92 Å². The molecule has 2 aliphatic rings. The molecule has 0 amide bonds. The van der Waals surface area contributed by atoms with Gasteiger partial charge in [0.2, 0.25) is 0 Å². The van der Waals surface area contributed by atoms with Crippen LogP contribution in [-0.2, 0) is 9.59 Å². The summed E-state index contributed by atoms with van der Waals surface area (Å²) in [5.41, 5.74) is 1.38. The molecule has 6 heteroatoms. The summed E-state index contributed by atoms with van der Waals surface area (Å²) in [5.74, 6) is -2.60. The van der Waals surface area contributed by atoms with Gasteiger partial charge in [0.05, 0.1) is 11.8 Å². The Morgan fingerprint density at radius 2 is 2.19 bits per heavy atom. The van der Waals surface area contributed by atoms with Gasteiger partial charge < -0.3 is 10.4 Å². The summed E-state index contributed by atoms with van der Waals surface area (Å²) in [6.07, 6.45) is 2.65. The molecule has 2 N–H and O–H groups in total. The van der Waals surface area contributed by atoms with Gasteiger partial charge in [0.15, 0.2) is 5.12 Å². The van der Waals surface area contributed by atoms with Crippen LogP contribution in [0.25, 0.3) is 0 Å². The molecule has 0 aliphatic carbocycles. The second kappa shape index (κ2) is 5.73. The van der Waals surface area contributed by atoms with Crippen molar-refractivity contribution >= 4 is 34.4 Å². The van der Waals surface area contributed by atoms with E-state index < -0.39 is 17.8 Å². The number of hydrogen-bond donors (Lipinski definition) is 2. The Kier molecular flexibility index (Phi) is 3.95.